The fourth-order valence-electron chi connectivity index (χ4n) is 3.73. The molecule has 0 aliphatic rings. The first-order chi connectivity index (χ1) is 19.0. The zero-order valence-corrected chi connectivity index (χ0v) is 24.4. The summed E-state index contributed by atoms with van der Waals surface area (Å²) in [6.07, 6.45) is 2.84. The van der Waals surface area contributed by atoms with Crippen molar-refractivity contribution in [3.05, 3.63) is 112 Å². The van der Waals surface area contributed by atoms with Crippen LogP contribution >= 0.6 is 35.4 Å². The van der Waals surface area contributed by atoms with Crippen LogP contribution in [0.3, 0.4) is 0 Å². The van der Waals surface area contributed by atoms with Crippen molar-refractivity contribution in [1.29, 1.82) is 0 Å². The maximum absolute atomic E-state index is 12.6. The predicted molar refractivity (Wildman–Crippen MR) is 167 cm³/mol. The van der Waals surface area contributed by atoms with E-state index in [1.165, 1.54) is 12.2 Å². The Balaban J connectivity index is 1.27. The molecule has 0 atom stereocenters. The van der Waals surface area contributed by atoms with Crippen LogP contribution in [0.4, 0.5) is 11.4 Å². The van der Waals surface area contributed by atoms with E-state index < -0.39 is 5.91 Å². The molecule has 2 amide bonds. The molecule has 3 N–H and O–H groups in total. The molecule has 40 heavy (non-hydrogen) atoms. The third kappa shape index (κ3) is 8.05. The predicted octanol–water partition coefficient (Wildman–Crippen LogP) is 8.33. The number of nitrogens with one attached hydrogen (secondary N) is 3. The summed E-state index contributed by atoms with van der Waals surface area (Å²) in [7, 11) is 0. The number of hydrogen-bond acceptors (Lipinski definition) is 4. The molecule has 0 saturated carbocycles. The Morgan fingerprint density at radius 3 is 2.02 bits per heavy atom. The van der Waals surface area contributed by atoms with E-state index in [9.17, 15) is 9.59 Å². The van der Waals surface area contributed by atoms with Crippen LogP contribution < -0.4 is 16.0 Å². The monoisotopic (exact) mass is 591 g/mol. The number of rotatable bonds is 6. The van der Waals surface area contributed by atoms with Crippen LogP contribution in [0, 0.1) is 0 Å². The van der Waals surface area contributed by atoms with Crippen molar-refractivity contribution >= 4 is 69.8 Å². The number of carbonyl (C=O) groups is 2. The van der Waals surface area contributed by atoms with Crippen molar-refractivity contribution in [3.63, 3.8) is 0 Å². The van der Waals surface area contributed by atoms with Gasteiger partial charge in [0.05, 0.1) is 0 Å². The summed E-state index contributed by atoms with van der Waals surface area (Å²) >= 11 is 17.4. The lowest BCUT2D eigenvalue weighted by molar-refractivity contribution is -0.115. The van der Waals surface area contributed by atoms with E-state index in [2.05, 4.69) is 36.7 Å². The van der Waals surface area contributed by atoms with Gasteiger partial charge in [0.25, 0.3) is 5.91 Å². The Hall–Kier alpha value is -3.91. The Morgan fingerprint density at radius 1 is 0.825 bits per heavy atom. The Morgan fingerprint density at radius 2 is 1.43 bits per heavy atom. The zero-order chi connectivity index (χ0) is 28.9. The van der Waals surface area contributed by atoms with Crippen LogP contribution in [0.5, 0.6) is 0 Å². The molecule has 4 rings (SSSR count). The van der Waals surface area contributed by atoms with Gasteiger partial charge in [0.2, 0.25) is 5.91 Å². The fraction of sp³-hybridized carbons (Fsp3) is 0.129. The Labute approximate surface area is 248 Å². The minimum absolute atomic E-state index is 0.0193. The van der Waals surface area contributed by atoms with Gasteiger partial charge in [-0.05, 0) is 96.0 Å². The van der Waals surface area contributed by atoms with Gasteiger partial charge in [0.15, 0.2) is 5.11 Å². The highest BCUT2D eigenvalue weighted by atomic mass is 35.5. The molecule has 0 spiro atoms. The van der Waals surface area contributed by atoms with Crippen LogP contribution in [0.15, 0.2) is 89.4 Å². The summed E-state index contributed by atoms with van der Waals surface area (Å²) < 4.78 is 5.75. The summed E-state index contributed by atoms with van der Waals surface area (Å²) in [6.45, 7) is 6.38. The number of amides is 2. The summed E-state index contributed by atoms with van der Waals surface area (Å²) in [5.41, 5.74) is 3.77. The topological polar surface area (TPSA) is 83.4 Å². The molecule has 0 radical (unpaired) electrons. The standard InChI is InChI=1S/C31H27Cl2N3O3S/c1-31(2,3)21-6-4-19(5-7-21)29(38)34-24-8-10-25(11-9-24)35-30(40)36-28(37)15-13-26-12-14-27(39-26)20-16-22(32)18-23(33)17-20/h4-18H,1-3H3,(H,34,38)(H2,35,36,37,40)/b15-13+. The minimum Gasteiger partial charge on any atom is -0.457 e. The number of benzene rings is 3. The average molecular weight is 593 g/mol. The molecule has 0 bridgehead atoms. The van der Waals surface area contributed by atoms with Gasteiger partial charge in [-0.1, -0.05) is 56.1 Å². The zero-order valence-electron chi connectivity index (χ0n) is 22.0. The molecule has 0 fully saturated rings. The van der Waals surface area contributed by atoms with Crippen molar-refractivity contribution in [2.75, 3.05) is 10.6 Å². The van der Waals surface area contributed by atoms with Crippen molar-refractivity contribution in [3.8, 4) is 11.3 Å². The Bertz CT molecular complexity index is 1550. The molecule has 4 aromatic rings. The van der Waals surface area contributed by atoms with E-state index in [0.717, 1.165) is 11.1 Å². The number of thiocarbonyl (C=S) groups is 1. The largest absolute Gasteiger partial charge is 0.457 e. The van der Waals surface area contributed by atoms with Crippen LogP contribution in [-0.4, -0.2) is 16.9 Å². The number of hydrogen-bond donors (Lipinski definition) is 3. The van der Waals surface area contributed by atoms with E-state index in [1.807, 2.05) is 24.3 Å². The lowest BCUT2D eigenvalue weighted by atomic mass is 9.87. The maximum Gasteiger partial charge on any atom is 0.255 e. The molecule has 3 aromatic carbocycles. The van der Waals surface area contributed by atoms with Gasteiger partial charge in [-0.15, -0.1) is 0 Å². The first-order valence-corrected chi connectivity index (χ1v) is 13.5. The third-order valence-electron chi connectivity index (χ3n) is 5.82. The highest BCUT2D eigenvalue weighted by Gasteiger charge is 2.14. The summed E-state index contributed by atoms with van der Waals surface area (Å²) in [6, 6.07) is 23.2. The van der Waals surface area contributed by atoms with Crippen molar-refractivity contribution < 1.29 is 14.0 Å². The minimum atomic E-state index is -0.428. The molecule has 0 aliphatic carbocycles. The number of furan rings is 1. The number of anilines is 2. The van der Waals surface area contributed by atoms with Gasteiger partial charge >= 0.3 is 0 Å². The van der Waals surface area contributed by atoms with Crippen molar-refractivity contribution in [1.82, 2.24) is 5.32 Å². The van der Waals surface area contributed by atoms with Gasteiger partial charge < -0.3 is 15.1 Å². The lowest BCUT2D eigenvalue weighted by Gasteiger charge is -2.19. The van der Waals surface area contributed by atoms with Crippen LogP contribution in [0.1, 0.15) is 42.5 Å². The molecule has 0 unspecified atom stereocenters. The fourth-order valence-corrected chi connectivity index (χ4v) is 4.47. The molecule has 9 heteroatoms. The van der Waals surface area contributed by atoms with Crippen molar-refractivity contribution in [2.45, 2.75) is 26.2 Å². The second kappa shape index (κ2) is 12.5. The molecule has 1 heterocycles. The van der Waals surface area contributed by atoms with E-state index in [4.69, 9.17) is 39.8 Å². The van der Waals surface area contributed by atoms with E-state index >= 15 is 0 Å². The second-order valence-electron chi connectivity index (χ2n) is 10.00. The lowest BCUT2D eigenvalue weighted by Crippen LogP contribution is -2.32. The van der Waals surface area contributed by atoms with Crippen LogP contribution in [0.25, 0.3) is 17.4 Å². The Kier molecular flexibility index (Phi) is 9.10. The first kappa shape index (κ1) is 29.1. The maximum atomic E-state index is 12.6. The highest BCUT2D eigenvalue weighted by Crippen LogP contribution is 2.29. The van der Waals surface area contributed by atoms with Gasteiger partial charge in [-0.2, -0.15) is 0 Å². The van der Waals surface area contributed by atoms with Gasteiger partial charge in [-0.3, -0.25) is 14.9 Å². The molecule has 6 nitrogen and oxygen atoms in total. The number of halogens is 2. The normalized spacial score (nSPS) is 11.3. The average Bonchev–Trinajstić information content (AvgIpc) is 3.37. The summed E-state index contributed by atoms with van der Waals surface area (Å²) in [5.74, 6) is 0.418. The molecular formula is C31H27Cl2N3O3S. The molecule has 1 aromatic heterocycles. The highest BCUT2D eigenvalue weighted by molar-refractivity contribution is 7.80. The first-order valence-electron chi connectivity index (χ1n) is 12.3. The van der Waals surface area contributed by atoms with Gasteiger partial charge in [-0.25, -0.2) is 0 Å². The summed E-state index contributed by atoms with van der Waals surface area (Å²) in [5, 5.41) is 9.53. The molecular weight excluding hydrogens is 565 g/mol. The SMILES string of the molecule is CC(C)(C)c1ccc(C(=O)Nc2ccc(NC(=S)NC(=O)/C=C/c3ccc(-c4cc(Cl)cc(Cl)c4)o3)cc2)cc1. The van der Waals surface area contributed by atoms with E-state index in [-0.39, 0.29) is 16.4 Å². The van der Waals surface area contributed by atoms with Crippen LogP contribution in [-0.2, 0) is 10.2 Å². The summed E-state index contributed by atoms with van der Waals surface area (Å²) in [4.78, 5) is 24.9. The molecule has 0 aliphatic heterocycles. The number of carbonyl (C=O) groups excluding carboxylic acids is 2. The smallest absolute Gasteiger partial charge is 0.255 e. The van der Waals surface area contributed by atoms with E-state index in [1.54, 1.807) is 54.6 Å². The van der Waals surface area contributed by atoms with Crippen LogP contribution in [0.2, 0.25) is 10.0 Å². The third-order valence-corrected chi connectivity index (χ3v) is 6.46. The van der Waals surface area contributed by atoms with Gasteiger partial charge in [0.1, 0.15) is 11.5 Å². The molecule has 0 saturated heterocycles. The van der Waals surface area contributed by atoms with Crippen molar-refractivity contribution in [2.24, 2.45) is 0 Å². The molecule has 204 valence electrons. The van der Waals surface area contributed by atoms with E-state index in [0.29, 0.717) is 38.5 Å². The quantitative estimate of drug-likeness (QED) is 0.155. The second-order valence-corrected chi connectivity index (χ2v) is 11.3. The van der Waals surface area contributed by atoms with Gasteiger partial charge in [0, 0.05) is 38.6 Å².